The Labute approximate surface area is 95.5 Å². The third-order valence-electron chi connectivity index (χ3n) is 1.52. The number of pyridine rings is 1. The molecule has 0 unspecified atom stereocenters. The van der Waals surface area contributed by atoms with Crippen LogP contribution in [0, 0.1) is 0 Å². The maximum Gasteiger partial charge on any atom is 0.232 e. The Kier molecular flexibility index (Phi) is 2.94. The standard InChI is InChI=1S/C8H5Cl2N5/c9-6-13-7(10)15-8(14-6)12-5-1-3-11-4-2-5/h1-4H,(H,11,12,13,14,15). The Morgan fingerprint density at radius 3 is 2.13 bits per heavy atom. The Morgan fingerprint density at radius 2 is 1.53 bits per heavy atom. The van der Waals surface area contributed by atoms with Crippen LogP contribution >= 0.6 is 23.2 Å². The molecule has 0 atom stereocenters. The molecule has 0 bridgehead atoms. The maximum absolute atomic E-state index is 5.62. The summed E-state index contributed by atoms with van der Waals surface area (Å²) in [6.45, 7) is 0. The van der Waals surface area contributed by atoms with Crippen molar-refractivity contribution in [3.8, 4) is 0 Å². The Bertz CT molecular complexity index is 442. The summed E-state index contributed by atoms with van der Waals surface area (Å²) in [7, 11) is 0. The summed E-state index contributed by atoms with van der Waals surface area (Å²) >= 11 is 11.2. The normalized spacial score (nSPS) is 10.0. The summed E-state index contributed by atoms with van der Waals surface area (Å²) in [6.07, 6.45) is 3.29. The number of aromatic nitrogens is 4. The van der Waals surface area contributed by atoms with E-state index in [1.54, 1.807) is 24.5 Å². The molecule has 15 heavy (non-hydrogen) atoms. The van der Waals surface area contributed by atoms with Crippen LogP contribution in [0.1, 0.15) is 0 Å². The fraction of sp³-hybridized carbons (Fsp3) is 0. The van der Waals surface area contributed by atoms with Crippen molar-refractivity contribution in [2.75, 3.05) is 5.32 Å². The van der Waals surface area contributed by atoms with Crippen LogP contribution in [0.5, 0.6) is 0 Å². The van der Waals surface area contributed by atoms with Gasteiger partial charge in [-0.05, 0) is 35.3 Å². The lowest BCUT2D eigenvalue weighted by atomic mass is 10.4. The molecule has 0 radical (unpaired) electrons. The number of rotatable bonds is 2. The summed E-state index contributed by atoms with van der Waals surface area (Å²) in [5, 5.41) is 3.01. The first kappa shape index (κ1) is 10.1. The van der Waals surface area contributed by atoms with Crippen LogP contribution in [-0.4, -0.2) is 19.9 Å². The smallest absolute Gasteiger partial charge is 0.232 e. The van der Waals surface area contributed by atoms with E-state index in [1.165, 1.54) is 0 Å². The summed E-state index contributed by atoms with van der Waals surface area (Å²) in [5.41, 5.74) is 0.795. The highest BCUT2D eigenvalue weighted by atomic mass is 35.5. The van der Waals surface area contributed by atoms with Crippen molar-refractivity contribution in [1.82, 2.24) is 19.9 Å². The summed E-state index contributed by atoms with van der Waals surface area (Å²) < 4.78 is 0. The van der Waals surface area contributed by atoms with Gasteiger partial charge in [0.25, 0.3) is 0 Å². The predicted octanol–water partition coefficient (Wildman–Crippen LogP) is 2.32. The molecule has 2 heterocycles. The van der Waals surface area contributed by atoms with Gasteiger partial charge in [-0.2, -0.15) is 15.0 Å². The highest BCUT2D eigenvalue weighted by Gasteiger charge is 2.02. The molecule has 0 saturated carbocycles. The van der Waals surface area contributed by atoms with Crippen LogP contribution in [0.4, 0.5) is 11.6 Å². The monoisotopic (exact) mass is 241 g/mol. The molecule has 7 heteroatoms. The zero-order chi connectivity index (χ0) is 10.7. The lowest BCUT2D eigenvalue weighted by Crippen LogP contribution is -1.99. The molecule has 2 rings (SSSR count). The topological polar surface area (TPSA) is 63.6 Å². The van der Waals surface area contributed by atoms with Crippen LogP contribution in [0.3, 0.4) is 0 Å². The van der Waals surface area contributed by atoms with Gasteiger partial charge < -0.3 is 5.32 Å². The van der Waals surface area contributed by atoms with Crippen molar-refractivity contribution >= 4 is 34.8 Å². The minimum atomic E-state index is 0.0477. The Balaban J connectivity index is 2.25. The minimum Gasteiger partial charge on any atom is -0.324 e. The van der Waals surface area contributed by atoms with E-state index >= 15 is 0 Å². The number of nitrogens with zero attached hydrogens (tertiary/aromatic N) is 4. The molecular formula is C8H5Cl2N5. The second-order valence-corrected chi connectivity index (χ2v) is 3.23. The van der Waals surface area contributed by atoms with Crippen molar-refractivity contribution in [2.24, 2.45) is 0 Å². The molecule has 0 spiro atoms. The van der Waals surface area contributed by atoms with E-state index in [4.69, 9.17) is 23.2 Å². The van der Waals surface area contributed by atoms with E-state index < -0.39 is 0 Å². The fourth-order valence-electron chi connectivity index (χ4n) is 0.946. The van der Waals surface area contributed by atoms with Gasteiger partial charge in [-0.15, -0.1) is 0 Å². The zero-order valence-electron chi connectivity index (χ0n) is 7.35. The first-order valence-electron chi connectivity index (χ1n) is 3.98. The summed E-state index contributed by atoms with van der Waals surface area (Å²) in [6, 6.07) is 3.54. The van der Waals surface area contributed by atoms with Crippen LogP contribution in [0.2, 0.25) is 10.6 Å². The molecule has 76 valence electrons. The second-order valence-electron chi connectivity index (χ2n) is 2.56. The highest BCUT2D eigenvalue weighted by molar-refractivity contribution is 6.31. The molecule has 0 saturated heterocycles. The second kappa shape index (κ2) is 4.37. The highest BCUT2D eigenvalue weighted by Crippen LogP contribution is 2.14. The third kappa shape index (κ3) is 2.74. The van der Waals surface area contributed by atoms with Crippen LogP contribution in [0.15, 0.2) is 24.5 Å². The van der Waals surface area contributed by atoms with Gasteiger partial charge in [-0.3, -0.25) is 4.98 Å². The average Bonchev–Trinajstić information content (AvgIpc) is 2.17. The van der Waals surface area contributed by atoms with Gasteiger partial charge in [0, 0.05) is 18.1 Å². The average molecular weight is 242 g/mol. The molecule has 0 aliphatic heterocycles. The van der Waals surface area contributed by atoms with Crippen molar-refractivity contribution in [3.63, 3.8) is 0 Å². The number of anilines is 2. The molecule has 2 aromatic heterocycles. The lowest BCUT2D eigenvalue weighted by Gasteiger charge is -2.03. The van der Waals surface area contributed by atoms with Gasteiger partial charge in [0.05, 0.1) is 0 Å². The molecule has 0 aromatic carbocycles. The van der Waals surface area contributed by atoms with Crippen LogP contribution in [0.25, 0.3) is 0 Å². The van der Waals surface area contributed by atoms with Crippen LogP contribution < -0.4 is 5.32 Å². The van der Waals surface area contributed by atoms with Crippen molar-refractivity contribution in [3.05, 3.63) is 35.1 Å². The SMILES string of the molecule is Clc1nc(Cl)nc(Nc2ccncc2)n1. The number of hydrogen-bond donors (Lipinski definition) is 1. The molecule has 0 fully saturated rings. The van der Waals surface area contributed by atoms with Gasteiger partial charge in [-0.1, -0.05) is 0 Å². The number of nitrogens with one attached hydrogen (secondary N) is 1. The largest absolute Gasteiger partial charge is 0.324 e. The van der Waals surface area contributed by atoms with Crippen LogP contribution in [-0.2, 0) is 0 Å². The third-order valence-corrected chi connectivity index (χ3v) is 1.86. The van der Waals surface area contributed by atoms with E-state index in [1.807, 2.05) is 0 Å². The van der Waals surface area contributed by atoms with Gasteiger partial charge in [-0.25, -0.2) is 0 Å². The van der Waals surface area contributed by atoms with Gasteiger partial charge >= 0.3 is 0 Å². The fourth-order valence-corrected chi connectivity index (χ4v) is 1.31. The first-order valence-corrected chi connectivity index (χ1v) is 4.74. The molecule has 0 aliphatic rings. The van der Waals surface area contributed by atoms with Crippen molar-refractivity contribution < 1.29 is 0 Å². The number of hydrogen-bond acceptors (Lipinski definition) is 5. The van der Waals surface area contributed by atoms with Gasteiger partial charge in [0.1, 0.15) is 0 Å². The molecular weight excluding hydrogens is 237 g/mol. The summed E-state index contributed by atoms with van der Waals surface area (Å²) in [4.78, 5) is 15.2. The summed E-state index contributed by atoms with van der Waals surface area (Å²) in [5.74, 6) is 0.297. The number of halogens is 2. The lowest BCUT2D eigenvalue weighted by molar-refractivity contribution is 1.05. The van der Waals surface area contributed by atoms with Gasteiger partial charge in [0.2, 0.25) is 16.5 Å². The van der Waals surface area contributed by atoms with E-state index in [2.05, 4.69) is 25.3 Å². The molecule has 1 N–H and O–H groups in total. The molecule has 2 aromatic rings. The van der Waals surface area contributed by atoms with E-state index in [0.717, 1.165) is 5.69 Å². The van der Waals surface area contributed by atoms with E-state index in [-0.39, 0.29) is 10.6 Å². The maximum atomic E-state index is 5.62. The van der Waals surface area contributed by atoms with E-state index in [9.17, 15) is 0 Å². The molecule has 5 nitrogen and oxygen atoms in total. The predicted molar refractivity (Wildman–Crippen MR) is 57.4 cm³/mol. The van der Waals surface area contributed by atoms with Crippen molar-refractivity contribution in [2.45, 2.75) is 0 Å². The minimum absolute atomic E-state index is 0.0477. The molecule has 0 amide bonds. The zero-order valence-corrected chi connectivity index (χ0v) is 8.87. The van der Waals surface area contributed by atoms with E-state index in [0.29, 0.717) is 5.95 Å². The Hall–Kier alpha value is -1.46. The quantitative estimate of drug-likeness (QED) is 0.875. The van der Waals surface area contributed by atoms with Crippen molar-refractivity contribution in [1.29, 1.82) is 0 Å². The molecule has 0 aliphatic carbocycles. The van der Waals surface area contributed by atoms with Gasteiger partial charge in [0.15, 0.2) is 0 Å². The first-order chi connectivity index (χ1) is 7.24. The Morgan fingerprint density at radius 1 is 0.933 bits per heavy atom.